The number of rotatable bonds is 8. The Kier molecular flexibility index (Phi) is 8.48. The standard InChI is InChI=1S/C23H21ClF3N3O7/c1-35-16-4-3-5-17(36-2)20(16)21(33)29-30-10-12(8-19(30)32)22(34)37-11-18(31)28-15-9-13(23(25,26)27)6-7-14(15)24/h3-7,9,12H,8,10-11H2,1-2H3,(H,28,31)(H,29,33)/t12-/m0/s1. The van der Waals surface area contributed by atoms with Crippen LogP contribution in [0.15, 0.2) is 36.4 Å². The number of ether oxygens (including phenoxy) is 3. The van der Waals surface area contributed by atoms with Crippen LogP contribution >= 0.6 is 11.6 Å². The van der Waals surface area contributed by atoms with E-state index in [0.717, 1.165) is 17.1 Å². The lowest BCUT2D eigenvalue weighted by atomic mass is 10.1. The number of amides is 3. The predicted molar refractivity (Wildman–Crippen MR) is 123 cm³/mol. The Morgan fingerprint density at radius 2 is 1.76 bits per heavy atom. The molecular weight excluding hydrogens is 523 g/mol. The third-order valence-electron chi connectivity index (χ3n) is 5.26. The summed E-state index contributed by atoms with van der Waals surface area (Å²) in [6.07, 6.45) is -4.95. The summed E-state index contributed by atoms with van der Waals surface area (Å²) in [5.41, 5.74) is 1.09. The van der Waals surface area contributed by atoms with Gasteiger partial charge in [-0.05, 0) is 30.3 Å². The van der Waals surface area contributed by atoms with E-state index in [1.54, 1.807) is 6.07 Å². The van der Waals surface area contributed by atoms with Gasteiger partial charge in [0, 0.05) is 6.42 Å². The first-order valence-corrected chi connectivity index (χ1v) is 11.0. The Bertz CT molecular complexity index is 1200. The number of benzene rings is 2. The molecule has 0 saturated carbocycles. The van der Waals surface area contributed by atoms with Gasteiger partial charge in [0.2, 0.25) is 5.91 Å². The molecule has 37 heavy (non-hydrogen) atoms. The minimum Gasteiger partial charge on any atom is -0.496 e. The van der Waals surface area contributed by atoms with Crippen molar-refractivity contribution in [3.05, 3.63) is 52.5 Å². The fourth-order valence-electron chi connectivity index (χ4n) is 3.47. The average molecular weight is 544 g/mol. The van der Waals surface area contributed by atoms with Gasteiger partial charge in [0.1, 0.15) is 17.1 Å². The SMILES string of the molecule is COc1cccc(OC)c1C(=O)NN1C[C@@H](C(=O)OCC(=O)Nc2cc(C(F)(F)F)ccc2Cl)CC1=O. The molecule has 0 aromatic heterocycles. The molecule has 198 valence electrons. The summed E-state index contributed by atoms with van der Waals surface area (Å²) in [7, 11) is 2.71. The van der Waals surface area contributed by atoms with Gasteiger partial charge >= 0.3 is 12.1 Å². The lowest BCUT2D eigenvalue weighted by molar-refractivity contribution is -0.151. The van der Waals surface area contributed by atoms with E-state index in [2.05, 4.69) is 10.7 Å². The molecule has 0 radical (unpaired) electrons. The minimum atomic E-state index is -4.65. The van der Waals surface area contributed by atoms with Crippen molar-refractivity contribution in [1.82, 2.24) is 10.4 Å². The molecule has 3 amide bonds. The van der Waals surface area contributed by atoms with Gasteiger partial charge in [-0.1, -0.05) is 17.7 Å². The largest absolute Gasteiger partial charge is 0.496 e. The lowest BCUT2D eigenvalue weighted by Gasteiger charge is -2.19. The number of methoxy groups -OCH3 is 2. The van der Waals surface area contributed by atoms with Gasteiger partial charge in [-0.3, -0.25) is 29.6 Å². The first-order chi connectivity index (χ1) is 17.4. The maximum absolute atomic E-state index is 12.9. The van der Waals surface area contributed by atoms with Crippen LogP contribution in [-0.4, -0.2) is 56.1 Å². The number of esters is 1. The second kappa shape index (κ2) is 11.4. The maximum atomic E-state index is 12.9. The van der Waals surface area contributed by atoms with Crippen molar-refractivity contribution in [3.8, 4) is 11.5 Å². The highest BCUT2D eigenvalue weighted by atomic mass is 35.5. The lowest BCUT2D eigenvalue weighted by Crippen LogP contribution is -2.43. The van der Waals surface area contributed by atoms with E-state index in [9.17, 15) is 32.3 Å². The van der Waals surface area contributed by atoms with Gasteiger partial charge in [0.25, 0.3) is 11.8 Å². The Morgan fingerprint density at radius 3 is 2.35 bits per heavy atom. The van der Waals surface area contributed by atoms with Crippen LogP contribution in [0.5, 0.6) is 11.5 Å². The second-order valence-electron chi connectivity index (χ2n) is 7.73. The van der Waals surface area contributed by atoms with Crippen molar-refractivity contribution in [3.63, 3.8) is 0 Å². The molecule has 1 heterocycles. The molecule has 14 heteroatoms. The van der Waals surface area contributed by atoms with Crippen molar-refractivity contribution < 1.29 is 46.6 Å². The van der Waals surface area contributed by atoms with Crippen LogP contribution in [0.1, 0.15) is 22.3 Å². The summed E-state index contributed by atoms with van der Waals surface area (Å²) in [5, 5.41) is 2.93. The van der Waals surface area contributed by atoms with Gasteiger partial charge in [-0.2, -0.15) is 13.2 Å². The minimum absolute atomic E-state index is 0.0382. The zero-order chi connectivity index (χ0) is 27.3. The van der Waals surface area contributed by atoms with E-state index in [1.165, 1.54) is 26.4 Å². The highest BCUT2D eigenvalue weighted by Crippen LogP contribution is 2.34. The number of nitrogens with one attached hydrogen (secondary N) is 2. The summed E-state index contributed by atoms with van der Waals surface area (Å²) >= 11 is 5.83. The molecule has 10 nitrogen and oxygen atoms in total. The summed E-state index contributed by atoms with van der Waals surface area (Å²) in [6, 6.07) is 7.04. The number of carbonyl (C=O) groups excluding carboxylic acids is 4. The topological polar surface area (TPSA) is 123 Å². The predicted octanol–water partition coefficient (Wildman–Crippen LogP) is 3.05. The molecule has 2 aromatic rings. The van der Waals surface area contributed by atoms with Crippen molar-refractivity contribution in [2.75, 3.05) is 32.7 Å². The van der Waals surface area contributed by atoms with Crippen LogP contribution in [0.4, 0.5) is 18.9 Å². The van der Waals surface area contributed by atoms with Crippen LogP contribution < -0.4 is 20.2 Å². The van der Waals surface area contributed by atoms with E-state index in [0.29, 0.717) is 6.07 Å². The molecule has 0 unspecified atom stereocenters. The smallest absolute Gasteiger partial charge is 0.416 e. The van der Waals surface area contributed by atoms with Crippen molar-refractivity contribution >= 4 is 41.0 Å². The molecule has 0 bridgehead atoms. The van der Waals surface area contributed by atoms with E-state index < -0.39 is 48.0 Å². The average Bonchev–Trinajstić information content (AvgIpc) is 3.22. The number of anilines is 1. The number of alkyl halides is 3. The first kappa shape index (κ1) is 27.6. The number of hydrogen-bond acceptors (Lipinski definition) is 7. The maximum Gasteiger partial charge on any atom is 0.416 e. The zero-order valence-corrected chi connectivity index (χ0v) is 20.2. The van der Waals surface area contributed by atoms with Crippen LogP contribution in [0.25, 0.3) is 0 Å². The summed E-state index contributed by atoms with van der Waals surface area (Å²) in [6.45, 7) is -1.07. The third-order valence-corrected chi connectivity index (χ3v) is 5.59. The van der Waals surface area contributed by atoms with E-state index in [-0.39, 0.29) is 40.7 Å². The Hall–Kier alpha value is -4.00. The number of hydrogen-bond donors (Lipinski definition) is 2. The van der Waals surface area contributed by atoms with E-state index in [4.69, 9.17) is 25.8 Å². The molecular formula is C23H21ClF3N3O7. The molecule has 1 aliphatic rings. The normalized spacial score (nSPS) is 15.2. The Balaban J connectivity index is 1.57. The van der Waals surface area contributed by atoms with Crippen molar-refractivity contribution in [1.29, 1.82) is 0 Å². The molecule has 1 fully saturated rings. The van der Waals surface area contributed by atoms with Crippen LogP contribution in [0.2, 0.25) is 5.02 Å². The molecule has 2 aromatic carbocycles. The summed E-state index contributed by atoms with van der Waals surface area (Å²) in [5.74, 6) is -3.74. The van der Waals surface area contributed by atoms with E-state index >= 15 is 0 Å². The monoisotopic (exact) mass is 543 g/mol. The molecule has 3 rings (SSSR count). The van der Waals surface area contributed by atoms with Crippen molar-refractivity contribution in [2.24, 2.45) is 5.92 Å². The van der Waals surface area contributed by atoms with Crippen LogP contribution in [-0.2, 0) is 25.3 Å². The summed E-state index contributed by atoms with van der Waals surface area (Å²) in [4.78, 5) is 49.6. The highest BCUT2D eigenvalue weighted by Gasteiger charge is 2.37. The molecule has 1 saturated heterocycles. The van der Waals surface area contributed by atoms with Gasteiger partial charge in [0.05, 0.1) is 43.0 Å². The Labute approximate surface area is 213 Å². The van der Waals surface area contributed by atoms with Gasteiger partial charge in [-0.25, -0.2) is 0 Å². The molecule has 1 atom stereocenters. The number of carbonyl (C=O) groups is 4. The molecule has 0 spiro atoms. The number of halogens is 4. The molecule has 1 aliphatic heterocycles. The quantitative estimate of drug-likeness (QED) is 0.491. The Morgan fingerprint density at radius 1 is 1.11 bits per heavy atom. The second-order valence-corrected chi connectivity index (χ2v) is 8.14. The summed E-state index contributed by atoms with van der Waals surface area (Å²) < 4.78 is 53.9. The molecule has 0 aliphatic carbocycles. The van der Waals surface area contributed by atoms with Crippen molar-refractivity contribution in [2.45, 2.75) is 12.6 Å². The number of hydrazine groups is 1. The van der Waals surface area contributed by atoms with Gasteiger partial charge in [0.15, 0.2) is 6.61 Å². The fraction of sp³-hybridized carbons (Fsp3) is 0.304. The van der Waals surface area contributed by atoms with Crippen LogP contribution in [0, 0.1) is 5.92 Å². The van der Waals surface area contributed by atoms with Gasteiger partial charge in [-0.15, -0.1) is 0 Å². The third kappa shape index (κ3) is 6.61. The highest BCUT2D eigenvalue weighted by molar-refractivity contribution is 6.33. The van der Waals surface area contributed by atoms with Crippen LogP contribution in [0.3, 0.4) is 0 Å². The zero-order valence-electron chi connectivity index (χ0n) is 19.5. The number of nitrogens with zero attached hydrogens (tertiary/aromatic N) is 1. The van der Waals surface area contributed by atoms with Gasteiger partial charge < -0.3 is 19.5 Å². The fourth-order valence-corrected chi connectivity index (χ4v) is 3.63. The molecule has 2 N–H and O–H groups in total. The first-order valence-electron chi connectivity index (χ1n) is 10.6. The van der Waals surface area contributed by atoms with E-state index in [1.807, 2.05) is 0 Å².